The Kier molecular flexibility index (Phi) is 5.16. The number of hydrogen-bond acceptors (Lipinski definition) is 5. The number of anilines is 1. The van der Waals surface area contributed by atoms with E-state index in [4.69, 9.17) is 9.26 Å². The fraction of sp³-hybridized carbons (Fsp3) is 0.353. The molecule has 0 fully saturated rings. The molecule has 0 N–H and O–H groups in total. The quantitative estimate of drug-likeness (QED) is 0.793. The van der Waals surface area contributed by atoms with Gasteiger partial charge in [0.2, 0.25) is 0 Å². The normalized spacial score (nSPS) is 10.7. The summed E-state index contributed by atoms with van der Waals surface area (Å²) in [5.74, 6) is -0.440. The van der Waals surface area contributed by atoms with Gasteiger partial charge in [-0.15, -0.1) is 0 Å². The molecule has 1 heterocycles. The first kappa shape index (κ1) is 16.7. The van der Waals surface area contributed by atoms with Gasteiger partial charge in [-0.05, 0) is 19.1 Å². The molecule has 0 aliphatic carbocycles. The molecular formula is C17H20N2O4. The lowest BCUT2D eigenvalue weighted by Gasteiger charge is -2.17. The Morgan fingerprint density at radius 2 is 1.91 bits per heavy atom. The minimum Gasteiger partial charge on any atom is -0.452 e. The number of aryl methyl sites for hydroxylation is 1. The van der Waals surface area contributed by atoms with Crippen LogP contribution in [0, 0.1) is 6.92 Å². The second-order valence-electron chi connectivity index (χ2n) is 5.53. The summed E-state index contributed by atoms with van der Waals surface area (Å²) in [7, 11) is 1.63. The Hall–Kier alpha value is -2.63. The maximum atomic E-state index is 12.2. The molecule has 6 heteroatoms. The zero-order chi connectivity index (χ0) is 17.0. The Morgan fingerprint density at radius 3 is 2.52 bits per heavy atom. The minimum absolute atomic E-state index is 0.00134. The van der Waals surface area contributed by atoms with Gasteiger partial charge in [0.1, 0.15) is 5.56 Å². The maximum Gasteiger partial charge on any atom is 0.344 e. The molecule has 2 rings (SSSR count). The third-order valence-corrected chi connectivity index (χ3v) is 3.46. The Labute approximate surface area is 135 Å². The van der Waals surface area contributed by atoms with Crippen LogP contribution >= 0.6 is 0 Å². The number of nitrogens with zero attached hydrogens (tertiary/aromatic N) is 2. The summed E-state index contributed by atoms with van der Waals surface area (Å²) < 4.78 is 10.3. The lowest BCUT2D eigenvalue weighted by atomic mass is 10.1. The number of hydrogen-bond donors (Lipinski definition) is 0. The first-order valence-electron chi connectivity index (χ1n) is 7.36. The lowest BCUT2D eigenvalue weighted by Crippen LogP contribution is -2.31. The summed E-state index contributed by atoms with van der Waals surface area (Å²) in [6.45, 7) is 5.12. The van der Waals surface area contributed by atoms with E-state index in [9.17, 15) is 9.59 Å². The summed E-state index contributed by atoms with van der Waals surface area (Å²) >= 11 is 0. The second-order valence-corrected chi connectivity index (χ2v) is 5.53. The number of rotatable bonds is 5. The summed E-state index contributed by atoms with van der Waals surface area (Å²) in [5.41, 5.74) is 1.50. The molecule has 2 aromatic rings. The standard InChI is InChI=1S/C17H20N2O4/c1-11(2)16-15(12(3)18-23-16)17(21)22-10-14(20)19(4)13-8-6-5-7-9-13/h5-9,11H,10H2,1-4H3. The molecule has 0 unspecified atom stereocenters. The van der Waals surface area contributed by atoms with E-state index in [1.807, 2.05) is 32.0 Å². The van der Waals surface area contributed by atoms with Crippen molar-refractivity contribution in [1.29, 1.82) is 0 Å². The van der Waals surface area contributed by atoms with Crippen molar-refractivity contribution in [3.63, 3.8) is 0 Å². The largest absolute Gasteiger partial charge is 0.452 e. The predicted octanol–water partition coefficient (Wildman–Crippen LogP) is 2.93. The SMILES string of the molecule is Cc1noc(C(C)C)c1C(=O)OCC(=O)N(C)c1ccccc1. The maximum absolute atomic E-state index is 12.2. The molecule has 0 saturated carbocycles. The van der Waals surface area contributed by atoms with Crippen LogP contribution in [0.4, 0.5) is 5.69 Å². The Morgan fingerprint density at radius 1 is 1.26 bits per heavy atom. The average molecular weight is 316 g/mol. The highest BCUT2D eigenvalue weighted by atomic mass is 16.5. The van der Waals surface area contributed by atoms with E-state index in [2.05, 4.69) is 5.16 Å². The smallest absolute Gasteiger partial charge is 0.344 e. The third kappa shape index (κ3) is 3.77. The van der Waals surface area contributed by atoms with Crippen molar-refractivity contribution in [3.05, 3.63) is 47.3 Å². The molecule has 23 heavy (non-hydrogen) atoms. The number of benzene rings is 1. The highest BCUT2D eigenvalue weighted by Crippen LogP contribution is 2.23. The number of esters is 1. The van der Waals surface area contributed by atoms with Crippen molar-refractivity contribution in [2.24, 2.45) is 0 Å². The highest BCUT2D eigenvalue weighted by Gasteiger charge is 2.25. The molecule has 1 aromatic carbocycles. The lowest BCUT2D eigenvalue weighted by molar-refractivity contribution is -0.121. The van der Waals surface area contributed by atoms with E-state index >= 15 is 0 Å². The van der Waals surface area contributed by atoms with Crippen LogP contribution in [0.1, 0.15) is 41.6 Å². The number of aromatic nitrogens is 1. The van der Waals surface area contributed by atoms with Gasteiger partial charge in [-0.3, -0.25) is 4.79 Å². The Bertz CT molecular complexity index is 692. The van der Waals surface area contributed by atoms with Gasteiger partial charge in [-0.1, -0.05) is 37.2 Å². The van der Waals surface area contributed by atoms with Crippen LogP contribution in [0.2, 0.25) is 0 Å². The second kappa shape index (κ2) is 7.09. The molecule has 0 bridgehead atoms. The van der Waals surface area contributed by atoms with Gasteiger partial charge in [0.25, 0.3) is 5.91 Å². The van der Waals surface area contributed by atoms with Gasteiger partial charge in [-0.2, -0.15) is 0 Å². The first-order valence-corrected chi connectivity index (χ1v) is 7.36. The van der Waals surface area contributed by atoms with Gasteiger partial charge in [0.15, 0.2) is 12.4 Å². The molecule has 0 atom stereocenters. The summed E-state index contributed by atoms with van der Waals surface area (Å²) in [6.07, 6.45) is 0. The van der Waals surface area contributed by atoms with Crippen molar-refractivity contribution >= 4 is 17.6 Å². The van der Waals surface area contributed by atoms with Crippen molar-refractivity contribution in [2.45, 2.75) is 26.7 Å². The number of ether oxygens (including phenoxy) is 1. The highest BCUT2D eigenvalue weighted by molar-refractivity contribution is 5.97. The molecule has 0 aliphatic rings. The van der Waals surface area contributed by atoms with Gasteiger partial charge in [0, 0.05) is 18.7 Å². The summed E-state index contributed by atoms with van der Waals surface area (Å²) in [5, 5.41) is 3.80. The monoisotopic (exact) mass is 316 g/mol. The van der Waals surface area contributed by atoms with Crippen LogP contribution in [0.25, 0.3) is 0 Å². The number of amides is 1. The zero-order valence-corrected chi connectivity index (χ0v) is 13.7. The van der Waals surface area contributed by atoms with E-state index in [1.165, 1.54) is 4.90 Å². The molecule has 6 nitrogen and oxygen atoms in total. The third-order valence-electron chi connectivity index (χ3n) is 3.46. The number of para-hydroxylation sites is 1. The van der Waals surface area contributed by atoms with E-state index in [0.29, 0.717) is 17.0 Å². The molecule has 0 radical (unpaired) electrons. The molecule has 0 aliphatic heterocycles. The van der Waals surface area contributed by atoms with Crippen molar-refractivity contribution in [2.75, 3.05) is 18.6 Å². The molecule has 0 spiro atoms. The van der Waals surface area contributed by atoms with Gasteiger partial charge in [-0.25, -0.2) is 4.79 Å². The predicted molar refractivity (Wildman–Crippen MR) is 85.5 cm³/mol. The fourth-order valence-electron chi connectivity index (χ4n) is 2.12. The number of carbonyl (C=O) groups is 2. The topological polar surface area (TPSA) is 72.6 Å². The van der Waals surface area contributed by atoms with Crippen LogP contribution in [0.15, 0.2) is 34.9 Å². The van der Waals surface area contributed by atoms with Crippen LogP contribution < -0.4 is 4.90 Å². The molecule has 1 aromatic heterocycles. The minimum atomic E-state index is -0.595. The van der Waals surface area contributed by atoms with E-state index in [-0.39, 0.29) is 18.4 Å². The molecule has 0 saturated heterocycles. The van der Waals surface area contributed by atoms with E-state index in [1.54, 1.807) is 26.1 Å². The molecule has 1 amide bonds. The average Bonchev–Trinajstić information content (AvgIpc) is 2.94. The van der Waals surface area contributed by atoms with Gasteiger partial charge in [0.05, 0.1) is 5.69 Å². The summed E-state index contributed by atoms with van der Waals surface area (Å²) in [6, 6.07) is 9.15. The van der Waals surface area contributed by atoms with Crippen LogP contribution in [0.5, 0.6) is 0 Å². The van der Waals surface area contributed by atoms with E-state index in [0.717, 1.165) is 5.69 Å². The molecular weight excluding hydrogens is 296 g/mol. The number of carbonyl (C=O) groups excluding carboxylic acids is 2. The first-order chi connectivity index (χ1) is 10.9. The molecule has 122 valence electrons. The van der Waals surface area contributed by atoms with Crippen molar-refractivity contribution in [1.82, 2.24) is 5.16 Å². The van der Waals surface area contributed by atoms with E-state index < -0.39 is 5.97 Å². The van der Waals surface area contributed by atoms with Crippen molar-refractivity contribution in [3.8, 4) is 0 Å². The number of likely N-dealkylation sites (N-methyl/N-ethyl adjacent to an activating group) is 1. The summed E-state index contributed by atoms with van der Waals surface area (Å²) in [4.78, 5) is 25.8. The Balaban J connectivity index is 2.02. The van der Waals surface area contributed by atoms with Crippen molar-refractivity contribution < 1.29 is 18.8 Å². The van der Waals surface area contributed by atoms with Crippen LogP contribution in [-0.2, 0) is 9.53 Å². The van der Waals surface area contributed by atoms with Gasteiger partial charge >= 0.3 is 5.97 Å². The van der Waals surface area contributed by atoms with Gasteiger partial charge < -0.3 is 14.2 Å². The van der Waals surface area contributed by atoms with Crippen LogP contribution in [0.3, 0.4) is 0 Å². The van der Waals surface area contributed by atoms with Crippen LogP contribution in [-0.4, -0.2) is 30.7 Å². The fourth-order valence-corrected chi connectivity index (χ4v) is 2.12. The zero-order valence-electron chi connectivity index (χ0n) is 13.7.